The number of piperazine rings is 2. The Morgan fingerprint density at radius 1 is 0.506 bits per heavy atom. The van der Waals surface area contributed by atoms with Crippen molar-refractivity contribution in [3.63, 3.8) is 0 Å². The Morgan fingerprint density at radius 2 is 0.828 bits per heavy atom. The number of nitrogens with zero attached hydrogens (tertiary/aromatic N) is 6. The summed E-state index contributed by atoms with van der Waals surface area (Å²) in [5, 5.41) is 4.47. The number of anilines is 2. The SMILES string of the molecule is C1CCOC1.CC(C)(C)OC(=O)N1CCC(=Cc2ccc(N3CCN(C(=O)OC(C)(C)C)CC3)c3ccccc23)CC1.CC(C)(C)OC(=O)N1CCN(c2ccc(C=O)c3ccccc23)CC1.CC1CCN(C(=O)OC(C)(C)C)CC1.[Br-].[CH2-]CCC.[Li+]. The molecule has 4 amide bonds. The Hall–Kier alpha value is -5.47. The van der Waals surface area contributed by atoms with Crippen LogP contribution in [0, 0.1) is 12.8 Å². The first-order valence-corrected chi connectivity index (χ1v) is 31.0. The number of hydrogen-bond acceptors (Lipinski definition) is 12. The van der Waals surface area contributed by atoms with E-state index in [1.165, 1.54) is 46.9 Å². The fourth-order valence-corrected chi connectivity index (χ4v) is 10.0. The molecule has 5 saturated heterocycles. The summed E-state index contributed by atoms with van der Waals surface area (Å²) in [6.45, 7) is 41.3. The molecule has 5 aliphatic rings. The largest absolute Gasteiger partial charge is 1.00 e. The molecule has 5 heterocycles. The van der Waals surface area contributed by atoms with Crippen LogP contribution >= 0.6 is 0 Å². The summed E-state index contributed by atoms with van der Waals surface area (Å²) in [6, 6.07) is 24.7. The molecule has 478 valence electrons. The summed E-state index contributed by atoms with van der Waals surface area (Å²) in [7, 11) is 0. The number of carbonyl (C=O) groups excluding carboxylic acids is 5. The Morgan fingerprint density at radius 3 is 1.15 bits per heavy atom. The molecule has 5 aliphatic heterocycles. The molecule has 0 unspecified atom stereocenters. The van der Waals surface area contributed by atoms with Crippen molar-refractivity contribution < 1.29 is 83.5 Å². The second kappa shape index (κ2) is 35.6. The van der Waals surface area contributed by atoms with Gasteiger partial charge in [-0.1, -0.05) is 86.5 Å². The molecule has 0 bridgehead atoms. The number of rotatable bonds is 5. The van der Waals surface area contributed by atoms with E-state index in [2.05, 4.69) is 73.0 Å². The van der Waals surface area contributed by atoms with Crippen LogP contribution in [0.3, 0.4) is 0 Å². The van der Waals surface area contributed by atoms with Crippen molar-refractivity contribution in [3.05, 3.63) is 96.4 Å². The van der Waals surface area contributed by atoms with Gasteiger partial charge in [-0.05, 0) is 162 Å². The van der Waals surface area contributed by atoms with E-state index in [-0.39, 0.29) is 65.8 Å². The second-order valence-corrected chi connectivity index (χ2v) is 26.6. The summed E-state index contributed by atoms with van der Waals surface area (Å²) in [4.78, 5) is 71.8. The van der Waals surface area contributed by atoms with Gasteiger partial charge in [0.1, 0.15) is 22.4 Å². The number of aldehydes is 1. The quantitative estimate of drug-likeness (QED) is 0.0812. The first-order chi connectivity index (χ1) is 40.1. The van der Waals surface area contributed by atoms with Crippen molar-refractivity contribution >= 4 is 69.7 Å². The topological polar surface area (TPSA) is 151 Å². The zero-order valence-corrected chi connectivity index (χ0v) is 57.2. The number of piperidine rings is 2. The number of unbranched alkanes of at least 4 members (excludes halogenated alkanes) is 1. The Bertz CT molecular complexity index is 2790. The van der Waals surface area contributed by atoms with Gasteiger partial charge in [0.25, 0.3) is 0 Å². The van der Waals surface area contributed by atoms with Gasteiger partial charge in [0.15, 0.2) is 6.29 Å². The van der Waals surface area contributed by atoms with Gasteiger partial charge in [0.05, 0.1) is 0 Å². The number of amides is 4. The van der Waals surface area contributed by atoms with Crippen LogP contribution in [0.5, 0.6) is 0 Å². The predicted octanol–water partition coefficient (Wildman–Crippen LogP) is 9.10. The third-order valence-corrected chi connectivity index (χ3v) is 14.6. The minimum Gasteiger partial charge on any atom is -1.00 e. The van der Waals surface area contributed by atoms with Gasteiger partial charge in [-0.15, -0.1) is 0 Å². The molecule has 0 atom stereocenters. The van der Waals surface area contributed by atoms with E-state index in [4.69, 9.17) is 23.7 Å². The van der Waals surface area contributed by atoms with Gasteiger partial charge in [-0.25, -0.2) is 19.2 Å². The van der Waals surface area contributed by atoms with Gasteiger partial charge in [0.2, 0.25) is 0 Å². The molecule has 4 aromatic rings. The van der Waals surface area contributed by atoms with Gasteiger partial charge in [-0.2, -0.15) is 6.42 Å². The van der Waals surface area contributed by atoms with Gasteiger partial charge >= 0.3 is 43.2 Å². The Kier molecular flexibility index (Phi) is 31.0. The first-order valence-electron chi connectivity index (χ1n) is 31.0. The third kappa shape index (κ3) is 25.9. The Balaban J connectivity index is 0.000000339. The van der Waals surface area contributed by atoms with Crippen molar-refractivity contribution in [2.75, 3.05) is 102 Å². The molecule has 0 N–H and O–H groups in total. The molecule has 18 heteroatoms. The van der Waals surface area contributed by atoms with Crippen molar-refractivity contribution in [2.45, 2.75) is 171 Å². The van der Waals surface area contributed by atoms with E-state index in [9.17, 15) is 24.0 Å². The minimum absolute atomic E-state index is 0. The molecule has 0 aliphatic carbocycles. The number of fused-ring (bicyclic) bond motifs is 2. The van der Waals surface area contributed by atoms with Gasteiger partial charge in [-0.3, -0.25) is 4.79 Å². The van der Waals surface area contributed by atoms with E-state index in [0.717, 1.165) is 113 Å². The minimum atomic E-state index is -0.485. The van der Waals surface area contributed by atoms with E-state index < -0.39 is 16.8 Å². The number of carbonyl (C=O) groups is 5. The Labute approximate surface area is 544 Å². The number of benzene rings is 4. The summed E-state index contributed by atoms with van der Waals surface area (Å²) in [5.74, 6) is 0.744. The van der Waals surface area contributed by atoms with E-state index in [1.807, 2.05) is 124 Å². The van der Waals surface area contributed by atoms with Crippen molar-refractivity contribution in [1.29, 1.82) is 0 Å². The third-order valence-electron chi connectivity index (χ3n) is 14.6. The van der Waals surface area contributed by atoms with Crippen LogP contribution in [0.25, 0.3) is 27.6 Å². The van der Waals surface area contributed by atoms with Crippen LogP contribution in [0.15, 0.2) is 78.4 Å². The summed E-state index contributed by atoms with van der Waals surface area (Å²) in [6.07, 6.45) is 11.0. The fraction of sp³-hybridized carbons (Fsp3) is 0.594. The van der Waals surface area contributed by atoms with E-state index in [1.54, 1.807) is 14.7 Å². The summed E-state index contributed by atoms with van der Waals surface area (Å²) >= 11 is 0. The molecule has 16 nitrogen and oxygen atoms in total. The van der Waals surface area contributed by atoms with Crippen molar-refractivity contribution in [1.82, 2.24) is 19.6 Å². The van der Waals surface area contributed by atoms with Crippen LogP contribution in [0.1, 0.15) is 164 Å². The van der Waals surface area contributed by atoms with Crippen LogP contribution in [0.2, 0.25) is 0 Å². The fourth-order valence-electron chi connectivity index (χ4n) is 10.0. The zero-order chi connectivity index (χ0) is 62.5. The number of likely N-dealkylation sites (tertiary alicyclic amines) is 2. The first kappa shape index (κ1) is 75.8. The normalized spacial score (nSPS) is 16.6. The average Bonchev–Trinajstić information content (AvgIpc) is 1.27. The molecule has 9 rings (SSSR count). The van der Waals surface area contributed by atoms with E-state index >= 15 is 0 Å². The van der Waals surface area contributed by atoms with Crippen LogP contribution in [-0.4, -0.2) is 164 Å². The smallest absolute Gasteiger partial charge is 1.00 e. The molecule has 4 aromatic carbocycles. The monoisotopic (exact) mass is 1260 g/mol. The van der Waals surface area contributed by atoms with Crippen molar-refractivity contribution in [3.8, 4) is 0 Å². The molecule has 87 heavy (non-hydrogen) atoms. The second-order valence-electron chi connectivity index (χ2n) is 26.6. The molecule has 0 aromatic heterocycles. The van der Waals surface area contributed by atoms with Crippen LogP contribution in [0.4, 0.5) is 30.6 Å². The standard InChI is InChI=1S/C30H41N3O4.C20H24N2O3.C11H21NO2.C4H8O.C4H9.BrH.Li/c1-29(2,3)36-27(34)32-15-13-22(14-16-32)21-23-11-12-26(25-10-8-7-9-24(23)25)31-17-19-33(20-18-31)28(35)37-30(4,5)6;1-20(2,3)25-19(24)22-12-10-21(11-13-22)18-9-8-15(14-23)16-6-4-5-7-17(16)18;1-9-5-7-12(8-6-9)10(13)14-11(2,3)4;1-2-4-5-3-1;1-3-4-2;;/h7-12,21H,13-20H2,1-6H3;4-9,14H,10-13H2,1-3H3;9H,5-8H2,1-4H3;1-4H2;1,3-4H2,2H3;1H;/q;;;;-1;;+1/p-1. The molecule has 5 fully saturated rings. The maximum atomic E-state index is 12.5. The number of hydrogen-bond donors (Lipinski definition) is 0. The number of ether oxygens (including phenoxy) is 5. The van der Waals surface area contributed by atoms with Crippen molar-refractivity contribution in [2.24, 2.45) is 5.92 Å². The summed E-state index contributed by atoms with van der Waals surface area (Å²) < 4.78 is 26.8. The van der Waals surface area contributed by atoms with Gasteiger partial charge < -0.3 is 77.0 Å². The molecule has 0 radical (unpaired) electrons. The van der Waals surface area contributed by atoms with E-state index in [0.29, 0.717) is 44.8 Å². The molecule has 0 spiro atoms. The molecular weight excluding hydrogens is 1160 g/mol. The van der Waals surface area contributed by atoms with Gasteiger partial charge in [0, 0.05) is 119 Å². The van der Waals surface area contributed by atoms with Crippen LogP contribution < -0.4 is 45.6 Å². The summed E-state index contributed by atoms with van der Waals surface area (Å²) in [5.41, 5.74) is 3.74. The number of halogens is 1. The zero-order valence-electron chi connectivity index (χ0n) is 55.6. The average molecular weight is 1260 g/mol. The predicted molar refractivity (Wildman–Crippen MR) is 345 cm³/mol. The van der Waals surface area contributed by atoms with Crippen LogP contribution in [-0.2, 0) is 23.7 Å². The molecule has 0 saturated carbocycles. The molecular formula is C69H103BrLiN6O10-. The maximum Gasteiger partial charge on any atom is 1.00 e. The maximum absolute atomic E-state index is 12.5.